The van der Waals surface area contributed by atoms with Crippen LogP contribution in [0.15, 0.2) is 30.5 Å². The van der Waals surface area contributed by atoms with Crippen LogP contribution in [0.2, 0.25) is 5.15 Å². The average molecular weight is 418 g/mol. The molecular weight excluding hydrogens is 398 g/mol. The van der Waals surface area contributed by atoms with E-state index in [-0.39, 0.29) is 12.0 Å². The number of hydrogen-bond acceptors (Lipinski definition) is 6. The van der Waals surface area contributed by atoms with Crippen molar-refractivity contribution < 1.29 is 15.0 Å². The number of halogens is 1. The van der Waals surface area contributed by atoms with Gasteiger partial charge in [0.25, 0.3) is 0 Å². The van der Waals surface area contributed by atoms with E-state index in [1.165, 1.54) is 0 Å². The minimum atomic E-state index is -1.26. The van der Waals surface area contributed by atoms with Crippen molar-refractivity contribution in [3.05, 3.63) is 41.4 Å². The third kappa shape index (κ3) is 3.15. The van der Waals surface area contributed by atoms with Gasteiger partial charge >= 0.3 is 6.09 Å². The Hall–Kier alpha value is -3.24. The van der Waals surface area contributed by atoms with Gasteiger partial charge in [-0.1, -0.05) is 17.7 Å². The number of carbonyl (C=O) groups is 1. The normalized spacial score (nSPS) is 16.4. The van der Waals surface area contributed by atoms with Crippen LogP contribution in [-0.2, 0) is 7.05 Å². The zero-order valence-electron chi connectivity index (χ0n) is 16.0. The first-order valence-electron chi connectivity index (χ1n) is 8.92. The van der Waals surface area contributed by atoms with E-state index in [9.17, 15) is 15.0 Å². The first-order chi connectivity index (χ1) is 13.8. The number of anilines is 1. The second kappa shape index (κ2) is 6.98. The van der Waals surface area contributed by atoms with Crippen molar-refractivity contribution in [2.24, 2.45) is 7.05 Å². The molecule has 3 heterocycles. The highest BCUT2D eigenvalue weighted by Crippen LogP contribution is 2.32. The summed E-state index contributed by atoms with van der Waals surface area (Å²) in [4.78, 5) is 13.0. The number of amides is 1. The number of aliphatic hydroxyl groups is 1. The van der Waals surface area contributed by atoms with E-state index in [1.807, 2.05) is 43.7 Å². The van der Waals surface area contributed by atoms with Crippen molar-refractivity contribution in [2.75, 3.05) is 5.32 Å². The molecule has 0 saturated carbocycles. The fraction of sp³-hybridized carbons (Fsp3) is 0.278. The third-order valence-electron chi connectivity index (χ3n) is 4.81. The molecule has 1 aliphatic heterocycles. The lowest BCUT2D eigenvalue weighted by atomic mass is 10.2. The molecule has 0 spiro atoms. The minimum Gasteiger partial charge on any atom is -0.465 e. The van der Waals surface area contributed by atoms with E-state index in [0.29, 0.717) is 22.4 Å². The van der Waals surface area contributed by atoms with E-state index >= 15 is 0 Å². The van der Waals surface area contributed by atoms with Crippen LogP contribution in [0.3, 0.4) is 0 Å². The summed E-state index contributed by atoms with van der Waals surface area (Å²) in [6, 6.07) is 7.42. The summed E-state index contributed by atoms with van der Waals surface area (Å²) in [7, 11) is 1.84. The van der Waals surface area contributed by atoms with Gasteiger partial charge in [-0.05, 0) is 32.0 Å². The molecule has 0 bridgehead atoms. The van der Waals surface area contributed by atoms with Gasteiger partial charge in [-0.25, -0.2) is 4.79 Å². The van der Waals surface area contributed by atoms with Crippen molar-refractivity contribution in [3.8, 4) is 5.69 Å². The van der Waals surface area contributed by atoms with Crippen molar-refractivity contribution in [3.63, 3.8) is 0 Å². The summed E-state index contributed by atoms with van der Waals surface area (Å²) in [6.45, 7) is 3.89. The Kier molecular flexibility index (Phi) is 4.59. The zero-order chi connectivity index (χ0) is 20.9. The van der Waals surface area contributed by atoms with Crippen LogP contribution >= 0.6 is 11.6 Å². The molecule has 152 valence electrons. The van der Waals surface area contributed by atoms with Crippen molar-refractivity contribution in [1.82, 2.24) is 29.5 Å². The molecule has 0 saturated heterocycles. The number of aromatic nitrogens is 4. The largest absolute Gasteiger partial charge is 0.465 e. The highest BCUT2D eigenvalue weighted by molar-refractivity contribution is 6.31. The second-order valence-electron chi connectivity index (χ2n) is 6.95. The number of carboxylic acid groups (broad SMARTS) is 1. The molecule has 0 radical (unpaired) electrons. The van der Waals surface area contributed by atoms with Gasteiger partial charge in [-0.3, -0.25) is 9.88 Å². The van der Waals surface area contributed by atoms with Crippen LogP contribution < -0.4 is 10.6 Å². The number of benzene rings is 1. The Bertz CT molecular complexity index is 1130. The maximum absolute atomic E-state index is 11.3. The van der Waals surface area contributed by atoms with Crippen molar-refractivity contribution in [1.29, 1.82) is 0 Å². The summed E-state index contributed by atoms with van der Waals surface area (Å²) in [5.41, 5.74) is 2.02. The number of fused-ring (bicyclic) bond motifs is 1. The van der Waals surface area contributed by atoms with Gasteiger partial charge in [0.1, 0.15) is 5.15 Å². The van der Waals surface area contributed by atoms with Gasteiger partial charge in [0.15, 0.2) is 5.82 Å². The van der Waals surface area contributed by atoms with Crippen molar-refractivity contribution >= 4 is 40.2 Å². The summed E-state index contributed by atoms with van der Waals surface area (Å²) in [5.74, 6) is 0.378. The quantitative estimate of drug-likeness (QED) is 0.514. The van der Waals surface area contributed by atoms with E-state index < -0.39 is 12.4 Å². The topological polar surface area (TPSA) is 120 Å². The van der Waals surface area contributed by atoms with Gasteiger partial charge < -0.3 is 25.0 Å². The lowest BCUT2D eigenvalue weighted by Crippen LogP contribution is -2.39. The summed E-state index contributed by atoms with van der Waals surface area (Å²) in [5, 5.41) is 34.3. The molecule has 3 aromatic rings. The lowest BCUT2D eigenvalue weighted by molar-refractivity contribution is 0.0185. The Morgan fingerprint density at radius 2 is 2.10 bits per heavy atom. The average Bonchev–Trinajstić information content (AvgIpc) is 3.31. The standard InChI is InChI=1S/C18H20ClN7O3/c1-9(2)25-8-11(20-17(25)27)15-22-23-16(21-18(28)29)26(15)13-6-4-5-12-10(13)7-14(19)24(12)3/h4-9,17,20,27H,1-3H3,(H,21,23)(H,28,29). The molecule has 1 unspecified atom stereocenters. The predicted molar refractivity (Wildman–Crippen MR) is 109 cm³/mol. The van der Waals surface area contributed by atoms with Crippen LogP contribution in [0.1, 0.15) is 19.7 Å². The molecule has 1 aliphatic rings. The van der Waals surface area contributed by atoms with Crippen LogP contribution in [0.5, 0.6) is 0 Å². The summed E-state index contributed by atoms with van der Waals surface area (Å²) >= 11 is 6.30. The smallest absolute Gasteiger partial charge is 0.411 e. The highest BCUT2D eigenvalue weighted by Gasteiger charge is 2.29. The molecule has 1 amide bonds. The van der Waals surface area contributed by atoms with Crippen LogP contribution in [-0.4, -0.2) is 52.9 Å². The third-order valence-corrected chi connectivity index (χ3v) is 5.17. The highest BCUT2D eigenvalue weighted by atomic mass is 35.5. The molecular formula is C18H20ClN7O3. The number of aryl methyl sites for hydroxylation is 1. The molecule has 1 aromatic carbocycles. The van der Waals surface area contributed by atoms with Gasteiger partial charge in [0, 0.05) is 24.7 Å². The number of rotatable bonds is 4. The molecule has 29 heavy (non-hydrogen) atoms. The Balaban J connectivity index is 1.94. The first kappa shape index (κ1) is 19.1. The monoisotopic (exact) mass is 417 g/mol. The maximum atomic E-state index is 11.3. The molecule has 0 aliphatic carbocycles. The Morgan fingerprint density at radius 1 is 1.34 bits per heavy atom. The fourth-order valence-electron chi connectivity index (χ4n) is 3.40. The van der Waals surface area contributed by atoms with Gasteiger partial charge in [0.05, 0.1) is 16.9 Å². The zero-order valence-corrected chi connectivity index (χ0v) is 16.7. The van der Waals surface area contributed by atoms with Gasteiger partial charge in [-0.2, -0.15) is 0 Å². The molecule has 4 N–H and O–H groups in total. The van der Waals surface area contributed by atoms with E-state index in [1.54, 1.807) is 21.7 Å². The van der Waals surface area contributed by atoms with E-state index in [4.69, 9.17) is 11.6 Å². The van der Waals surface area contributed by atoms with E-state index in [0.717, 1.165) is 10.9 Å². The molecule has 11 heteroatoms. The van der Waals surface area contributed by atoms with Gasteiger partial charge in [0.2, 0.25) is 12.3 Å². The molecule has 10 nitrogen and oxygen atoms in total. The van der Waals surface area contributed by atoms with Gasteiger partial charge in [-0.15, -0.1) is 10.2 Å². The SMILES string of the molecule is CC(C)N1C=C(c2nnc(NC(=O)O)n2-c2cccc3c2cc(Cl)n3C)NC1O. The summed E-state index contributed by atoms with van der Waals surface area (Å²) < 4.78 is 3.41. The van der Waals surface area contributed by atoms with Crippen LogP contribution in [0.4, 0.5) is 10.7 Å². The molecule has 2 aromatic heterocycles. The van der Waals surface area contributed by atoms with Crippen LogP contribution in [0, 0.1) is 0 Å². The Morgan fingerprint density at radius 3 is 2.76 bits per heavy atom. The Labute approximate surface area is 171 Å². The molecule has 1 atom stereocenters. The van der Waals surface area contributed by atoms with Crippen molar-refractivity contribution in [2.45, 2.75) is 26.2 Å². The predicted octanol–water partition coefficient (Wildman–Crippen LogP) is 2.39. The van der Waals surface area contributed by atoms with E-state index in [2.05, 4.69) is 20.8 Å². The number of aliphatic hydroxyl groups excluding tert-OH is 1. The minimum absolute atomic E-state index is 0.0279. The number of hydrogen-bond donors (Lipinski definition) is 4. The lowest BCUT2D eigenvalue weighted by Gasteiger charge is -2.24. The molecule has 4 rings (SSSR count). The number of nitrogens with zero attached hydrogens (tertiary/aromatic N) is 5. The second-order valence-corrected chi connectivity index (χ2v) is 7.34. The maximum Gasteiger partial charge on any atom is 0.411 e. The molecule has 0 fully saturated rings. The first-order valence-corrected chi connectivity index (χ1v) is 9.29. The summed E-state index contributed by atoms with van der Waals surface area (Å²) in [6.07, 6.45) is -0.452. The van der Waals surface area contributed by atoms with Crippen LogP contribution in [0.25, 0.3) is 22.3 Å². The fourth-order valence-corrected chi connectivity index (χ4v) is 3.60. The number of nitrogens with one attached hydrogen (secondary N) is 2.